The average molecular weight is 488 g/mol. The molecular formula is C29H26ClNO4. The minimum Gasteiger partial charge on any atom is -0.487 e. The number of rotatable bonds is 7. The number of allylic oxidation sites excluding steroid dienone is 1. The van der Waals surface area contributed by atoms with Crippen molar-refractivity contribution in [2.45, 2.75) is 25.9 Å². The number of hydrogen-bond donors (Lipinski definition) is 1. The smallest absolute Gasteiger partial charge is 0.313 e. The van der Waals surface area contributed by atoms with E-state index in [0.29, 0.717) is 42.4 Å². The van der Waals surface area contributed by atoms with Crippen molar-refractivity contribution >= 4 is 29.2 Å². The van der Waals surface area contributed by atoms with Crippen molar-refractivity contribution in [2.75, 3.05) is 11.9 Å². The lowest BCUT2D eigenvalue weighted by atomic mass is 9.75. The molecule has 5 rings (SSSR count). The molecule has 1 amide bonds. The van der Waals surface area contributed by atoms with E-state index in [0.717, 1.165) is 28.8 Å². The molecule has 0 radical (unpaired) electrons. The van der Waals surface area contributed by atoms with Crippen LogP contribution in [0.3, 0.4) is 0 Å². The molecule has 0 bridgehead atoms. The summed E-state index contributed by atoms with van der Waals surface area (Å²) in [5.41, 5.74) is 3.81. The Hall–Kier alpha value is -3.57. The zero-order valence-corrected chi connectivity index (χ0v) is 20.0. The Labute approximate surface area is 209 Å². The highest BCUT2D eigenvalue weighted by molar-refractivity contribution is 6.32. The highest BCUT2D eigenvalue weighted by atomic mass is 35.5. The van der Waals surface area contributed by atoms with E-state index < -0.39 is 5.41 Å². The van der Waals surface area contributed by atoms with Gasteiger partial charge in [-0.25, -0.2) is 0 Å². The van der Waals surface area contributed by atoms with E-state index in [-0.39, 0.29) is 17.8 Å². The van der Waals surface area contributed by atoms with Crippen LogP contribution in [0.2, 0.25) is 5.02 Å². The van der Waals surface area contributed by atoms with Crippen molar-refractivity contribution < 1.29 is 19.1 Å². The number of nitrogens with one attached hydrogen (secondary N) is 1. The fourth-order valence-electron chi connectivity index (χ4n) is 5.04. The average Bonchev–Trinajstić information content (AvgIpc) is 3.32. The maximum atomic E-state index is 12.6. The largest absolute Gasteiger partial charge is 0.487 e. The minimum absolute atomic E-state index is 0.126. The number of fused-ring (bicyclic) bond motifs is 1. The lowest BCUT2D eigenvalue weighted by Gasteiger charge is -2.24. The first-order valence-electron chi connectivity index (χ1n) is 11.6. The summed E-state index contributed by atoms with van der Waals surface area (Å²) in [5.74, 6) is 0.467. The van der Waals surface area contributed by atoms with Crippen LogP contribution in [0.4, 0.5) is 5.69 Å². The maximum absolute atomic E-state index is 12.6. The van der Waals surface area contributed by atoms with Crippen LogP contribution in [0.5, 0.6) is 5.75 Å². The predicted molar refractivity (Wildman–Crippen MR) is 136 cm³/mol. The Balaban J connectivity index is 1.20. The van der Waals surface area contributed by atoms with Crippen LogP contribution in [-0.2, 0) is 22.6 Å². The molecule has 1 saturated heterocycles. The zero-order valence-electron chi connectivity index (χ0n) is 19.3. The van der Waals surface area contributed by atoms with Gasteiger partial charge in [0.25, 0.3) is 5.91 Å². The van der Waals surface area contributed by atoms with Gasteiger partial charge in [0.2, 0.25) is 0 Å². The third-order valence-electron chi connectivity index (χ3n) is 6.86. The summed E-state index contributed by atoms with van der Waals surface area (Å²) < 4.78 is 11.3. The van der Waals surface area contributed by atoms with Crippen LogP contribution in [0.1, 0.15) is 34.3 Å². The van der Waals surface area contributed by atoms with Crippen molar-refractivity contribution in [2.24, 2.45) is 11.3 Å². The Bertz CT molecular complexity index is 1270. The second kappa shape index (κ2) is 9.59. The van der Waals surface area contributed by atoms with Gasteiger partial charge in [0.1, 0.15) is 12.4 Å². The third-order valence-corrected chi connectivity index (χ3v) is 7.16. The second-order valence-electron chi connectivity index (χ2n) is 9.33. The molecule has 0 aromatic heterocycles. The van der Waals surface area contributed by atoms with E-state index in [9.17, 15) is 9.59 Å². The zero-order chi connectivity index (χ0) is 24.4. The number of hydrogen-bond acceptors (Lipinski definition) is 4. The molecule has 1 N–H and O–H groups in total. The quantitative estimate of drug-likeness (QED) is 0.317. The van der Waals surface area contributed by atoms with Gasteiger partial charge in [0.05, 0.1) is 17.0 Å². The monoisotopic (exact) mass is 487 g/mol. The van der Waals surface area contributed by atoms with Crippen molar-refractivity contribution in [3.63, 3.8) is 0 Å². The lowest BCUT2D eigenvalue weighted by Crippen LogP contribution is -2.31. The van der Waals surface area contributed by atoms with E-state index in [1.165, 1.54) is 0 Å². The Kier molecular flexibility index (Phi) is 6.35. The molecule has 0 spiro atoms. The Morgan fingerprint density at radius 1 is 1.09 bits per heavy atom. The highest BCUT2D eigenvalue weighted by Crippen LogP contribution is 2.52. The van der Waals surface area contributed by atoms with E-state index in [1.54, 1.807) is 12.1 Å². The van der Waals surface area contributed by atoms with Gasteiger partial charge in [-0.05, 0) is 66.8 Å². The molecular weight excluding hydrogens is 462 g/mol. The fourth-order valence-corrected chi connectivity index (χ4v) is 5.29. The summed E-state index contributed by atoms with van der Waals surface area (Å²) in [5, 5.41) is 3.37. The van der Waals surface area contributed by atoms with Crippen LogP contribution in [0.25, 0.3) is 0 Å². The van der Waals surface area contributed by atoms with Crippen LogP contribution in [-0.4, -0.2) is 18.5 Å². The van der Waals surface area contributed by atoms with Crippen molar-refractivity contribution in [1.82, 2.24) is 0 Å². The summed E-state index contributed by atoms with van der Waals surface area (Å²) in [6, 6.07) is 22.3. The normalized spacial score (nSPS) is 20.9. The topological polar surface area (TPSA) is 64.6 Å². The predicted octanol–water partition coefficient (Wildman–Crippen LogP) is 6.22. The summed E-state index contributed by atoms with van der Waals surface area (Å²) >= 11 is 6.52. The number of ether oxygens (including phenoxy) is 2. The number of carbonyl (C=O) groups is 2. The molecule has 6 heteroatoms. The Morgan fingerprint density at radius 3 is 2.57 bits per heavy atom. The highest BCUT2D eigenvalue weighted by Gasteiger charge is 2.55. The number of benzene rings is 3. The first kappa shape index (κ1) is 23.2. The third kappa shape index (κ3) is 4.82. The molecule has 3 aromatic carbocycles. The SMILES string of the molecule is C=C1CC2COC(=O)C2(Cc2ccc(OCc3ccc(C(=O)Nc4ccccc4)cc3)c(Cl)c2)C1. The van der Waals surface area contributed by atoms with E-state index in [4.69, 9.17) is 21.1 Å². The summed E-state index contributed by atoms with van der Waals surface area (Å²) in [4.78, 5) is 25.0. The van der Waals surface area contributed by atoms with Crippen molar-refractivity contribution in [1.29, 1.82) is 0 Å². The number of carbonyl (C=O) groups excluding carboxylic acids is 2. The molecule has 2 fully saturated rings. The molecule has 5 nitrogen and oxygen atoms in total. The number of esters is 1. The number of anilines is 1. The molecule has 2 aliphatic rings. The van der Waals surface area contributed by atoms with Crippen LogP contribution >= 0.6 is 11.6 Å². The van der Waals surface area contributed by atoms with Gasteiger partial charge in [-0.3, -0.25) is 9.59 Å². The fraction of sp³-hybridized carbons (Fsp3) is 0.241. The molecule has 2 atom stereocenters. The molecule has 3 aromatic rings. The van der Waals surface area contributed by atoms with Crippen LogP contribution in [0.15, 0.2) is 84.9 Å². The van der Waals surface area contributed by atoms with Crippen molar-refractivity contribution in [3.8, 4) is 5.75 Å². The van der Waals surface area contributed by atoms with Gasteiger partial charge in [0.15, 0.2) is 0 Å². The summed E-state index contributed by atoms with van der Waals surface area (Å²) in [6.07, 6.45) is 2.10. The minimum atomic E-state index is -0.517. The first-order valence-corrected chi connectivity index (χ1v) is 12.0. The lowest BCUT2D eigenvalue weighted by molar-refractivity contribution is -0.146. The van der Waals surface area contributed by atoms with Crippen LogP contribution in [0, 0.1) is 11.3 Å². The number of cyclic esters (lactones) is 1. The van der Waals surface area contributed by atoms with Gasteiger partial charge in [-0.15, -0.1) is 0 Å². The number of amides is 1. The van der Waals surface area contributed by atoms with E-state index in [1.807, 2.05) is 60.7 Å². The summed E-state index contributed by atoms with van der Waals surface area (Å²) in [7, 11) is 0. The molecule has 178 valence electrons. The molecule has 1 aliphatic heterocycles. The van der Waals surface area contributed by atoms with Crippen molar-refractivity contribution in [3.05, 3.63) is 107 Å². The second-order valence-corrected chi connectivity index (χ2v) is 9.74. The number of halogens is 1. The van der Waals surface area contributed by atoms with Gasteiger partial charge in [0, 0.05) is 17.2 Å². The summed E-state index contributed by atoms with van der Waals surface area (Å²) in [6.45, 7) is 4.89. The van der Waals surface area contributed by atoms with Crippen LogP contribution < -0.4 is 10.1 Å². The Morgan fingerprint density at radius 2 is 1.83 bits per heavy atom. The van der Waals surface area contributed by atoms with Gasteiger partial charge in [-0.2, -0.15) is 0 Å². The molecule has 1 heterocycles. The van der Waals surface area contributed by atoms with Gasteiger partial charge < -0.3 is 14.8 Å². The molecule has 2 unspecified atom stereocenters. The van der Waals surface area contributed by atoms with Gasteiger partial charge in [-0.1, -0.05) is 60.2 Å². The maximum Gasteiger partial charge on any atom is 0.313 e. The van der Waals surface area contributed by atoms with E-state index in [2.05, 4.69) is 11.9 Å². The van der Waals surface area contributed by atoms with Gasteiger partial charge >= 0.3 is 5.97 Å². The molecule has 1 aliphatic carbocycles. The first-order chi connectivity index (χ1) is 16.9. The standard InChI is InChI=1S/C29H26ClNO4/c1-19-13-23-18-35-28(33)29(23,15-19)16-21-9-12-26(25(30)14-21)34-17-20-7-10-22(11-8-20)27(32)31-24-5-3-2-4-6-24/h2-12,14,23H,1,13,15-18H2,(H,31,32). The molecule has 35 heavy (non-hydrogen) atoms. The number of para-hydroxylation sites is 1. The molecule has 1 saturated carbocycles. The van der Waals surface area contributed by atoms with E-state index >= 15 is 0 Å².